The van der Waals surface area contributed by atoms with Crippen molar-refractivity contribution in [3.63, 3.8) is 0 Å². The summed E-state index contributed by atoms with van der Waals surface area (Å²) in [4.78, 5) is 0. The molecule has 2 aliphatic carbocycles. The van der Waals surface area contributed by atoms with Crippen LogP contribution in [0.3, 0.4) is 0 Å². The molecule has 2 aliphatic rings. The second-order valence-corrected chi connectivity index (χ2v) is 6.61. The Labute approximate surface area is 107 Å². The fourth-order valence-electron chi connectivity index (χ4n) is 4.27. The first-order chi connectivity index (χ1) is 8.20. The molecule has 4 unspecified atom stereocenters. The highest BCUT2D eigenvalue weighted by atomic mass is 14.5. The molecular formula is C16H27N. The van der Waals surface area contributed by atoms with Gasteiger partial charge in [-0.05, 0) is 43.4 Å². The van der Waals surface area contributed by atoms with Crippen molar-refractivity contribution in [3.05, 3.63) is 0 Å². The second-order valence-electron chi connectivity index (χ2n) is 6.61. The Hall–Kier alpha value is -0.510. The molecule has 2 rings (SSSR count). The van der Waals surface area contributed by atoms with E-state index >= 15 is 0 Å². The van der Waals surface area contributed by atoms with Crippen molar-refractivity contribution >= 4 is 0 Å². The molecule has 0 aromatic carbocycles. The molecule has 2 saturated carbocycles. The lowest BCUT2D eigenvalue weighted by Gasteiger charge is -2.44. The molecule has 0 bridgehead atoms. The predicted molar refractivity (Wildman–Crippen MR) is 71.4 cm³/mol. The zero-order chi connectivity index (χ0) is 12.3. The number of nitrogens with zero attached hydrogens (tertiary/aromatic N) is 1. The van der Waals surface area contributed by atoms with E-state index in [0.717, 1.165) is 11.8 Å². The van der Waals surface area contributed by atoms with Crippen molar-refractivity contribution in [1.29, 1.82) is 5.26 Å². The van der Waals surface area contributed by atoms with Crippen LogP contribution in [0.25, 0.3) is 0 Å². The topological polar surface area (TPSA) is 23.8 Å². The van der Waals surface area contributed by atoms with Crippen LogP contribution in [0.1, 0.15) is 71.6 Å². The standard InChI is InChI=1S/C16H27N/c1-3-14-7-5-9-16(11-14,12-17)15-8-4-6-13(2)10-15/h13-15H,3-11H2,1-2H3. The predicted octanol–water partition coefficient (Wildman–Crippen LogP) is 4.92. The van der Waals surface area contributed by atoms with Crippen LogP contribution in [0.15, 0.2) is 0 Å². The Morgan fingerprint density at radius 3 is 2.71 bits per heavy atom. The van der Waals surface area contributed by atoms with Gasteiger partial charge in [0, 0.05) is 0 Å². The summed E-state index contributed by atoms with van der Waals surface area (Å²) in [7, 11) is 0. The van der Waals surface area contributed by atoms with Crippen molar-refractivity contribution in [2.75, 3.05) is 0 Å². The third-order valence-corrected chi connectivity index (χ3v) is 5.41. The van der Waals surface area contributed by atoms with Crippen LogP contribution < -0.4 is 0 Å². The molecule has 0 spiro atoms. The van der Waals surface area contributed by atoms with Gasteiger partial charge in [-0.1, -0.05) is 46.0 Å². The van der Waals surface area contributed by atoms with Gasteiger partial charge in [-0.3, -0.25) is 0 Å². The largest absolute Gasteiger partial charge is 0.198 e. The van der Waals surface area contributed by atoms with Crippen molar-refractivity contribution in [3.8, 4) is 6.07 Å². The average Bonchev–Trinajstić information content (AvgIpc) is 2.38. The summed E-state index contributed by atoms with van der Waals surface area (Å²) < 4.78 is 0. The van der Waals surface area contributed by atoms with E-state index in [-0.39, 0.29) is 5.41 Å². The molecule has 0 heterocycles. The van der Waals surface area contributed by atoms with Gasteiger partial charge in [0.15, 0.2) is 0 Å². The lowest BCUT2D eigenvalue weighted by atomic mass is 9.59. The molecule has 0 radical (unpaired) electrons. The first kappa shape index (κ1) is 12.9. The maximum atomic E-state index is 9.74. The summed E-state index contributed by atoms with van der Waals surface area (Å²) in [6, 6.07) is 2.77. The van der Waals surface area contributed by atoms with Crippen molar-refractivity contribution in [2.24, 2.45) is 23.2 Å². The van der Waals surface area contributed by atoms with Gasteiger partial charge in [-0.2, -0.15) is 5.26 Å². The van der Waals surface area contributed by atoms with Gasteiger partial charge in [0.2, 0.25) is 0 Å². The quantitative estimate of drug-likeness (QED) is 0.664. The highest BCUT2D eigenvalue weighted by Gasteiger charge is 2.43. The van der Waals surface area contributed by atoms with E-state index in [2.05, 4.69) is 19.9 Å². The van der Waals surface area contributed by atoms with Gasteiger partial charge in [-0.15, -0.1) is 0 Å². The molecule has 96 valence electrons. The molecule has 0 aromatic rings. The first-order valence-corrected chi connectivity index (χ1v) is 7.61. The van der Waals surface area contributed by atoms with Gasteiger partial charge in [-0.25, -0.2) is 0 Å². The third kappa shape index (κ3) is 2.67. The smallest absolute Gasteiger partial charge is 0.0692 e. The van der Waals surface area contributed by atoms with Crippen molar-refractivity contribution in [1.82, 2.24) is 0 Å². The third-order valence-electron chi connectivity index (χ3n) is 5.41. The number of nitriles is 1. The fraction of sp³-hybridized carbons (Fsp3) is 0.938. The van der Waals surface area contributed by atoms with Crippen LogP contribution in [0.2, 0.25) is 0 Å². The molecule has 0 N–H and O–H groups in total. The van der Waals surface area contributed by atoms with Crippen LogP contribution in [-0.4, -0.2) is 0 Å². The van der Waals surface area contributed by atoms with Gasteiger partial charge in [0.05, 0.1) is 11.5 Å². The Morgan fingerprint density at radius 2 is 2.06 bits per heavy atom. The Morgan fingerprint density at radius 1 is 1.24 bits per heavy atom. The van der Waals surface area contributed by atoms with E-state index in [4.69, 9.17) is 0 Å². The molecule has 1 heteroatoms. The van der Waals surface area contributed by atoms with E-state index in [9.17, 15) is 5.26 Å². The summed E-state index contributed by atoms with van der Waals surface area (Å²) in [5.74, 6) is 2.37. The van der Waals surface area contributed by atoms with Crippen molar-refractivity contribution < 1.29 is 0 Å². The van der Waals surface area contributed by atoms with Crippen LogP contribution in [0, 0.1) is 34.5 Å². The number of hydrogen-bond acceptors (Lipinski definition) is 1. The molecule has 1 nitrogen and oxygen atoms in total. The highest BCUT2D eigenvalue weighted by molar-refractivity contribution is 5.06. The minimum absolute atomic E-state index is 0.0492. The number of hydrogen-bond donors (Lipinski definition) is 0. The molecule has 4 atom stereocenters. The highest BCUT2D eigenvalue weighted by Crippen LogP contribution is 2.50. The van der Waals surface area contributed by atoms with Gasteiger partial charge < -0.3 is 0 Å². The molecule has 0 saturated heterocycles. The zero-order valence-corrected chi connectivity index (χ0v) is 11.5. The van der Waals surface area contributed by atoms with E-state index in [1.807, 2.05) is 0 Å². The first-order valence-electron chi connectivity index (χ1n) is 7.61. The Bertz CT molecular complexity index is 290. The number of rotatable bonds is 2. The Balaban J connectivity index is 2.10. The summed E-state index contributed by atoms with van der Waals surface area (Å²) in [6.07, 6.45) is 11.7. The normalized spacial score (nSPS) is 43.0. The SMILES string of the molecule is CCC1CCCC(C#N)(C2CCCC(C)C2)C1. The van der Waals surface area contributed by atoms with E-state index in [1.54, 1.807) is 0 Å². The summed E-state index contributed by atoms with van der Waals surface area (Å²) >= 11 is 0. The maximum Gasteiger partial charge on any atom is 0.0692 e. The molecule has 0 aliphatic heterocycles. The molecule has 0 aromatic heterocycles. The minimum Gasteiger partial charge on any atom is -0.198 e. The van der Waals surface area contributed by atoms with Gasteiger partial charge >= 0.3 is 0 Å². The minimum atomic E-state index is 0.0492. The lowest BCUT2D eigenvalue weighted by molar-refractivity contribution is 0.0778. The van der Waals surface area contributed by atoms with Crippen molar-refractivity contribution in [2.45, 2.75) is 71.6 Å². The summed E-state index contributed by atoms with van der Waals surface area (Å²) in [5.41, 5.74) is 0.0492. The summed E-state index contributed by atoms with van der Waals surface area (Å²) in [5, 5.41) is 9.74. The lowest BCUT2D eigenvalue weighted by Crippen LogP contribution is -2.37. The van der Waals surface area contributed by atoms with E-state index in [1.165, 1.54) is 57.8 Å². The molecular weight excluding hydrogens is 206 g/mol. The van der Waals surface area contributed by atoms with Crippen LogP contribution >= 0.6 is 0 Å². The Kier molecular flexibility index (Phi) is 4.13. The molecule has 0 amide bonds. The zero-order valence-electron chi connectivity index (χ0n) is 11.5. The molecule has 2 fully saturated rings. The van der Waals surface area contributed by atoms with Crippen LogP contribution in [0.4, 0.5) is 0 Å². The summed E-state index contributed by atoms with van der Waals surface area (Å²) in [6.45, 7) is 4.67. The fourth-order valence-corrected chi connectivity index (χ4v) is 4.27. The van der Waals surface area contributed by atoms with E-state index in [0.29, 0.717) is 5.92 Å². The maximum absolute atomic E-state index is 9.74. The van der Waals surface area contributed by atoms with E-state index < -0.39 is 0 Å². The monoisotopic (exact) mass is 233 g/mol. The average molecular weight is 233 g/mol. The second kappa shape index (κ2) is 5.42. The van der Waals surface area contributed by atoms with Crippen LogP contribution in [-0.2, 0) is 0 Å². The van der Waals surface area contributed by atoms with Crippen LogP contribution in [0.5, 0.6) is 0 Å². The van der Waals surface area contributed by atoms with Gasteiger partial charge in [0.1, 0.15) is 0 Å². The molecule has 17 heavy (non-hydrogen) atoms. The van der Waals surface area contributed by atoms with Gasteiger partial charge in [0.25, 0.3) is 0 Å².